The lowest BCUT2D eigenvalue weighted by molar-refractivity contribution is 0.501. The van der Waals surface area contributed by atoms with Crippen molar-refractivity contribution in [1.29, 1.82) is 0 Å². The van der Waals surface area contributed by atoms with Crippen LogP contribution in [0.3, 0.4) is 0 Å². The molecule has 0 amide bonds. The van der Waals surface area contributed by atoms with Gasteiger partial charge in [0, 0.05) is 12.1 Å². The third-order valence-corrected chi connectivity index (χ3v) is 4.34. The number of nitrogens with zero attached hydrogens (tertiary/aromatic N) is 4. The zero-order chi connectivity index (χ0) is 20.7. The van der Waals surface area contributed by atoms with Gasteiger partial charge in [-0.25, -0.2) is 14.7 Å². The van der Waals surface area contributed by atoms with Gasteiger partial charge in [-0.05, 0) is 49.9 Å². The van der Waals surface area contributed by atoms with Crippen molar-refractivity contribution < 1.29 is 0 Å². The summed E-state index contributed by atoms with van der Waals surface area (Å²) in [5, 5.41) is 10.9. The molecule has 0 aliphatic rings. The number of aromatic nitrogens is 3. The lowest BCUT2D eigenvalue weighted by atomic mass is 9.98. The molecule has 1 heterocycles. The maximum absolute atomic E-state index is 4.80. The van der Waals surface area contributed by atoms with Gasteiger partial charge in [-0.3, -0.25) is 0 Å². The maximum Gasteiger partial charge on any atom is 0.191 e. The van der Waals surface area contributed by atoms with Crippen molar-refractivity contribution in [3.8, 4) is 11.1 Å². The monoisotopic (exact) mass is 518 g/mol. The zero-order valence-corrected chi connectivity index (χ0v) is 20.4. The summed E-state index contributed by atoms with van der Waals surface area (Å²) >= 11 is 0. The molecule has 0 atom stereocenters. The highest BCUT2D eigenvalue weighted by Gasteiger charge is 2.12. The van der Waals surface area contributed by atoms with E-state index in [1.807, 2.05) is 4.68 Å². The molecule has 0 saturated heterocycles. The third-order valence-electron chi connectivity index (χ3n) is 4.34. The van der Waals surface area contributed by atoms with Crippen LogP contribution in [0.15, 0.2) is 66.2 Å². The van der Waals surface area contributed by atoms with Gasteiger partial charge >= 0.3 is 0 Å². The first-order chi connectivity index (χ1) is 13.9. The molecule has 0 spiro atoms. The normalized spacial score (nSPS) is 11.7. The average Bonchev–Trinajstić information content (AvgIpc) is 3.19. The Hall–Kier alpha value is -2.42. The molecule has 2 aromatic carbocycles. The van der Waals surface area contributed by atoms with Gasteiger partial charge in [0.05, 0.1) is 13.1 Å². The van der Waals surface area contributed by atoms with Crippen molar-refractivity contribution in [2.24, 2.45) is 4.99 Å². The van der Waals surface area contributed by atoms with E-state index < -0.39 is 0 Å². The largest absolute Gasteiger partial charge is 0.357 e. The molecule has 0 bridgehead atoms. The number of rotatable bonds is 6. The second-order valence-corrected chi connectivity index (χ2v) is 8.02. The second kappa shape index (κ2) is 11.1. The van der Waals surface area contributed by atoms with E-state index in [2.05, 4.69) is 96.9 Å². The summed E-state index contributed by atoms with van der Waals surface area (Å²) in [5.74, 6) is 0.831. The van der Waals surface area contributed by atoms with Crippen molar-refractivity contribution in [1.82, 2.24) is 25.4 Å². The van der Waals surface area contributed by atoms with Crippen molar-refractivity contribution in [2.75, 3.05) is 6.54 Å². The van der Waals surface area contributed by atoms with E-state index in [1.165, 1.54) is 22.3 Å². The van der Waals surface area contributed by atoms with Crippen LogP contribution in [0.4, 0.5) is 0 Å². The van der Waals surface area contributed by atoms with Gasteiger partial charge in [-0.15, -0.1) is 24.0 Å². The molecule has 30 heavy (non-hydrogen) atoms. The van der Waals surface area contributed by atoms with Crippen molar-refractivity contribution in [3.05, 3.63) is 72.3 Å². The van der Waals surface area contributed by atoms with Gasteiger partial charge in [0.25, 0.3) is 0 Å². The maximum atomic E-state index is 4.80. The van der Waals surface area contributed by atoms with Crippen LogP contribution in [0.1, 0.15) is 38.8 Å². The highest BCUT2D eigenvalue weighted by molar-refractivity contribution is 14.0. The molecule has 0 radical (unpaired) electrons. The summed E-state index contributed by atoms with van der Waals surface area (Å²) in [6, 6.07) is 17.0. The number of hydrogen-bond acceptors (Lipinski definition) is 3. The minimum atomic E-state index is -0.0412. The SMILES string of the molecule is CCNC(=NCc1ccccc1-c1ccc(Cn2cncn2)cc1)NC(C)(C)C.I. The van der Waals surface area contributed by atoms with Gasteiger partial charge < -0.3 is 10.6 Å². The number of nitrogens with one attached hydrogen (secondary N) is 2. The van der Waals surface area contributed by atoms with Crippen LogP contribution < -0.4 is 10.6 Å². The summed E-state index contributed by atoms with van der Waals surface area (Å²) in [6.45, 7) is 10.6. The fourth-order valence-electron chi connectivity index (χ4n) is 3.06. The highest BCUT2D eigenvalue weighted by atomic mass is 127. The number of hydrogen-bond donors (Lipinski definition) is 2. The quantitative estimate of drug-likeness (QED) is 0.287. The lowest BCUT2D eigenvalue weighted by Gasteiger charge is -2.23. The van der Waals surface area contributed by atoms with Crippen LogP contribution in [-0.4, -0.2) is 32.8 Å². The van der Waals surface area contributed by atoms with E-state index >= 15 is 0 Å². The molecule has 0 aliphatic heterocycles. The average molecular weight is 518 g/mol. The fourth-order valence-corrected chi connectivity index (χ4v) is 3.06. The third kappa shape index (κ3) is 7.12. The number of halogens is 1. The fraction of sp³-hybridized carbons (Fsp3) is 0.348. The van der Waals surface area contributed by atoms with Gasteiger partial charge in [0.2, 0.25) is 0 Å². The Balaban J connectivity index is 0.00000320. The van der Waals surface area contributed by atoms with Gasteiger partial charge in [0.1, 0.15) is 12.7 Å². The van der Waals surface area contributed by atoms with Crippen LogP contribution in [0.5, 0.6) is 0 Å². The van der Waals surface area contributed by atoms with Crippen LogP contribution in [0.25, 0.3) is 11.1 Å². The van der Waals surface area contributed by atoms with Gasteiger partial charge in [-0.2, -0.15) is 5.10 Å². The lowest BCUT2D eigenvalue weighted by Crippen LogP contribution is -2.47. The van der Waals surface area contributed by atoms with Crippen molar-refractivity contribution >= 4 is 29.9 Å². The molecule has 0 saturated carbocycles. The summed E-state index contributed by atoms with van der Waals surface area (Å²) < 4.78 is 1.82. The summed E-state index contributed by atoms with van der Waals surface area (Å²) in [5.41, 5.74) is 4.74. The minimum absolute atomic E-state index is 0. The number of benzene rings is 2. The Bertz CT molecular complexity index is 927. The number of guanidine groups is 1. The van der Waals surface area contributed by atoms with E-state index in [0.29, 0.717) is 6.54 Å². The minimum Gasteiger partial charge on any atom is -0.357 e. The molecule has 1 aromatic heterocycles. The van der Waals surface area contributed by atoms with E-state index in [-0.39, 0.29) is 29.5 Å². The molecule has 0 fully saturated rings. The van der Waals surface area contributed by atoms with Crippen molar-refractivity contribution in [3.63, 3.8) is 0 Å². The molecule has 6 nitrogen and oxygen atoms in total. The first-order valence-corrected chi connectivity index (χ1v) is 10.0. The Morgan fingerprint density at radius 1 is 1.07 bits per heavy atom. The van der Waals surface area contributed by atoms with E-state index in [4.69, 9.17) is 4.99 Å². The van der Waals surface area contributed by atoms with E-state index in [1.54, 1.807) is 12.7 Å². The van der Waals surface area contributed by atoms with Crippen LogP contribution >= 0.6 is 24.0 Å². The highest BCUT2D eigenvalue weighted by Crippen LogP contribution is 2.25. The molecule has 2 N–H and O–H groups in total. The summed E-state index contributed by atoms with van der Waals surface area (Å²) in [6.07, 6.45) is 3.29. The standard InChI is InChI=1S/C23H30N6.HI/c1-5-25-22(28-23(2,3)4)26-14-20-8-6-7-9-21(20)19-12-10-18(11-13-19)15-29-17-24-16-27-29;/h6-13,16-17H,5,14-15H2,1-4H3,(H2,25,26,28);1H. The topological polar surface area (TPSA) is 67.1 Å². The molecule has 3 rings (SSSR count). The van der Waals surface area contributed by atoms with Crippen LogP contribution in [-0.2, 0) is 13.1 Å². The first-order valence-electron chi connectivity index (χ1n) is 10.0. The molecule has 3 aromatic rings. The number of aliphatic imine (C=N–C) groups is 1. The van der Waals surface area contributed by atoms with Crippen LogP contribution in [0, 0.1) is 0 Å². The summed E-state index contributed by atoms with van der Waals surface area (Å²) in [4.78, 5) is 8.79. The molecule has 7 heteroatoms. The zero-order valence-electron chi connectivity index (χ0n) is 18.1. The molecule has 0 unspecified atom stereocenters. The van der Waals surface area contributed by atoms with E-state index in [0.717, 1.165) is 19.0 Å². The Morgan fingerprint density at radius 3 is 2.43 bits per heavy atom. The summed E-state index contributed by atoms with van der Waals surface area (Å²) in [7, 11) is 0. The van der Waals surface area contributed by atoms with E-state index in [9.17, 15) is 0 Å². The van der Waals surface area contributed by atoms with Crippen molar-refractivity contribution in [2.45, 2.75) is 46.3 Å². The van der Waals surface area contributed by atoms with Crippen LogP contribution in [0.2, 0.25) is 0 Å². The molecule has 160 valence electrons. The first kappa shape index (κ1) is 23.9. The van der Waals surface area contributed by atoms with Gasteiger partial charge in [-0.1, -0.05) is 48.5 Å². The molecular weight excluding hydrogens is 487 g/mol. The predicted molar refractivity (Wildman–Crippen MR) is 134 cm³/mol. The Kier molecular flexibility index (Phi) is 8.83. The second-order valence-electron chi connectivity index (χ2n) is 8.02. The predicted octanol–water partition coefficient (Wildman–Crippen LogP) is 4.47. The Labute approximate surface area is 196 Å². The molecular formula is C23H31IN6. The smallest absolute Gasteiger partial charge is 0.191 e. The Morgan fingerprint density at radius 2 is 1.80 bits per heavy atom. The van der Waals surface area contributed by atoms with Gasteiger partial charge in [0.15, 0.2) is 5.96 Å². The molecule has 0 aliphatic carbocycles.